The van der Waals surface area contributed by atoms with E-state index in [9.17, 15) is 9.59 Å². The Morgan fingerprint density at radius 1 is 1.06 bits per heavy atom. The summed E-state index contributed by atoms with van der Waals surface area (Å²) in [5.74, 6) is 0.603. The van der Waals surface area contributed by atoms with Gasteiger partial charge in [-0.2, -0.15) is 5.10 Å². The van der Waals surface area contributed by atoms with E-state index in [1.807, 2.05) is 32.0 Å². The van der Waals surface area contributed by atoms with Crippen LogP contribution in [0.15, 0.2) is 35.5 Å². The molecule has 1 aliphatic heterocycles. The zero-order valence-electron chi connectivity index (χ0n) is 18.4. The molecule has 2 aliphatic rings. The van der Waals surface area contributed by atoms with Crippen LogP contribution in [0, 0.1) is 11.8 Å². The Morgan fingerprint density at radius 3 is 2.48 bits per heavy atom. The van der Waals surface area contributed by atoms with E-state index in [1.165, 1.54) is 0 Å². The number of carbonyl (C=O) groups is 2. The molecule has 0 saturated carbocycles. The zero-order chi connectivity index (χ0) is 22.2. The number of hydrogen-bond donors (Lipinski definition) is 1. The highest BCUT2D eigenvalue weighted by atomic mass is 16.5. The van der Waals surface area contributed by atoms with E-state index >= 15 is 0 Å². The zero-order valence-corrected chi connectivity index (χ0v) is 18.4. The van der Waals surface area contributed by atoms with Gasteiger partial charge in [0.1, 0.15) is 0 Å². The number of unbranched alkanes of at least 4 members (excludes halogenated alkanes) is 2. The number of aliphatic carboxylic acids is 1. The summed E-state index contributed by atoms with van der Waals surface area (Å²) in [6.07, 6.45) is 7.97. The van der Waals surface area contributed by atoms with Crippen molar-refractivity contribution in [2.24, 2.45) is 16.9 Å². The van der Waals surface area contributed by atoms with Crippen molar-refractivity contribution in [3.63, 3.8) is 0 Å². The van der Waals surface area contributed by atoms with Gasteiger partial charge in [0.2, 0.25) is 5.91 Å². The van der Waals surface area contributed by atoms with E-state index in [4.69, 9.17) is 19.7 Å². The fourth-order valence-electron chi connectivity index (χ4n) is 4.19. The third kappa shape index (κ3) is 5.66. The molecule has 2 atom stereocenters. The number of amides is 1. The van der Waals surface area contributed by atoms with Gasteiger partial charge < -0.3 is 14.6 Å². The molecule has 0 fully saturated rings. The Balaban J connectivity index is 1.84. The SMILES string of the molecule is CCOc1ccc(C2=NN(CCCCCC(=O)O)C(=O)[C@H]3CC=CC[C@@H]23)cc1OCC. The van der Waals surface area contributed by atoms with Crippen LogP contribution < -0.4 is 9.47 Å². The second-order valence-electron chi connectivity index (χ2n) is 7.83. The minimum Gasteiger partial charge on any atom is -0.490 e. The summed E-state index contributed by atoms with van der Waals surface area (Å²) in [4.78, 5) is 23.8. The lowest BCUT2D eigenvalue weighted by molar-refractivity contribution is -0.138. The number of carboxylic acid groups (broad SMARTS) is 1. The average molecular weight is 429 g/mol. The van der Waals surface area contributed by atoms with Crippen molar-refractivity contribution in [1.29, 1.82) is 0 Å². The quantitative estimate of drug-likeness (QED) is 0.420. The molecule has 1 aliphatic carbocycles. The number of nitrogens with zero attached hydrogens (tertiary/aromatic N) is 2. The molecule has 0 aromatic heterocycles. The number of benzene rings is 1. The summed E-state index contributed by atoms with van der Waals surface area (Å²) < 4.78 is 11.5. The summed E-state index contributed by atoms with van der Waals surface area (Å²) in [5.41, 5.74) is 1.85. The molecule has 0 radical (unpaired) electrons. The van der Waals surface area contributed by atoms with Crippen LogP contribution in [0.2, 0.25) is 0 Å². The average Bonchev–Trinajstić information content (AvgIpc) is 2.76. The largest absolute Gasteiger partial charge is 0.490 e. The standard InChI is InChI=1S/C24H32N2O5/c1-3-30-20-14-13-17(16-21(20)31-4-2)23-18-10-7-8-11-19(18)24(29)26(25-23)15-9-5-6-12-22(27)28/h7-8,13-14,16,18-19H,3-6,9-12,15H2,1-2H3,(H,27,28)/t18-,19+/m1/s1. The molecule has 1 heterocycles. The first-order valence-corrected chi connectivity index (χ1v) is 11.2. The van der Waals surface area contributed by atoms with Crippen molar-refractivity contribution in [3.8, 4) is 11.5 Å². The molecule has 1 aromatic carbocycles. The molecule has 7 heteroatoms. The number of hydrazone groups is 1. The Bertz CT molecular complexity index is 848. The molecule has 0 saturated heterocycles. The first-order valence-electron chi connectivity index (χ1n) is 11.2. The summed E-state index contributed by atoms with van der Waals surface area (Å²) in [6, 6.07) is 5.86. The molecule has 1 N–H and O–H groups in total. The number of hydrogen-bond acceptors (Lipinski definition) is 5. The van der Waals surface area contributed by atoms with Crippen molar-refractivity contribution in [1.82, 2.24) is 5.01 Å². The van der Waals surface area contributed by atoms with Crippen molar-refractivity contribution in [3.05, 3.63) is 35.9 Å². The number of carboxylic acids is 1. The predicted molar refractivity (Wildman–Crippen MR) is 118 cm³/mol. The molecule has 0 unspecified atom stereocenters. The van der Waals surface area contributed by atoms with Gasteiger partial charge in [0.25, 0.3) is 0 Å². The maximum absolute atomic E-state index is 13.1. The topological polar surface area (TPSA) is 88.4 Å². The summed E-state index contributed by atoms with van der Waals surface area (Å²) >= 11 is 0. The van der Waals surface area contributed by atoms with E-state index < -0.39 is 5.97 Å². The van der Waals surface area contributed by atoms with Gasteiger partial charge >= 0.3 is 5.97 Å². The number of fused-ring (bicyclic) bond motifs is 1. The van der Waals surface area contributed by atoms with Crippen LogP contribution >= 0.6 is 0 Å². The second-order valence-corrected chi connectivity index (χ2v) is 7.83. The third-order valence-corrected chi connectivity index (χ3v) is 5.68. The lowest BCUT2D eigenvalue weighted by atomic mass is 9.76. The molecule has 1 amide bonds. The smallest absolute Gasteiger partial charge is 0.303 e. The van der Waals surface area contributed by atoms with E-state index in [0.717, 1.165) is 30.5 Å². The van der Waals surface area contributed by atoms with Crippen molar-refractivity contribution in [2.45, 2.75) is 52.4 Å². The van der Waals surface area contributed by atoms with Gasteiger partial charge in [0.05, 0.1) is 24.8 Å². The Hall–Kier alpha value is -2.83. The number of rotatable bonds is 11. The molecule has 7 nitrogen and oxygen atoms in total. The summed E-state index contributed by atoms with van der Waals surface area (Å²) in [6.45, 7) is 5.47. The van der Waals surface area contributed by atoms with Crippen LogP contribution in [-0.4, -0.2) is 47.5 Å². The molecule has 168 valence electrons. The fraction of sp³-hybridized carbons (Fsp3) is 0.542. The molecular weight excluding hydrogens is 396 g/mol. The van der Waals surface area contributed by atoms with E-state index in [-0.39, 0.29) is 24.2 Å². The molecule has 3 rings (SSSR count). The van der Waals surface area contributed by atoms with Crippen molar-refractivity contribution >= 4 is 17.6 Å². The summed E-state index contributed by atoms with van der Waals surface area (Å²) in [5, 5.41) is 15.2. The second kappa shape index (κ2) is 11.0. The monoisotopic (exact) mass is 428 g/mol. The van der Waals surface area contributed by atoms with Gasteiger partial charge in [-0.3, -0.25) is 9.59 Å². The highest BCUT2D eigenvalue weighted by molar-refractivity contribution is 6.07. The lowest BCUT2D eigenvalue weighted by Gasteiger charge is -2.37. The fourth-order valence-corrected chi connectivity index (χ4v) is 4.19. The Kier molecular flexibility index (Phi) is 8.09. The first kappa shape index (κ1) is 22.8. The maximum atomic E-state index is 13.1. The third-order valence-electron chi connectivity index (χ3n) is 5.68. The van der Waals surface area contributed by atoms with Gasteiger partial charge in [-0.05, 0) is 57.7 Å². The Morgan fingerprint density at radius 2 is 1.77 bits per heavy atom. The van der Waals surface area contributed by atoms with Gasteiger partial charge in [0.15, 0.2) is 11.5 Å². The minimum absolute atomic E-state index is 0.0492. The highest BCUT2D eigenvalue weighted by Gasteiger charge is 2.39. The highest BCUT2D eigenvalue weighted by Crippen LogP contribution is 2.37. The van der Waals surface area contributed by atoms with E-state index in [1.54, 1.807) is 5.01 Å². The molecule has 1 aromatic rings. The summed E-state index contributed by atoms with van der Waals surface area (Å²) in [7, 11) is 0. The minimum atomic E-state index is -0.785. The number of allylic oxidation sites excluding steroid dienone is 2. The van der Waals surface area contributed by atoms with Crippen LogP contribution in [-0.2, 0) is 9.59 Å². The molecular formula is C24H32N2O5. The number of ether oxygens (including phenoxy) is 2. The van der Waals surface area contributed by atoms with Crippen LogP contribution in [0.5, 0.6) is 11.5 Å². The van der Waals surface area contributed by atoms with Crippen LogP contribution in [0.1, 0.15) is 57.9 Å². The van der Waals surface area contributed by atoms with Gasteiger partial charge in [-0.25, -0.2) is 5.01 Å². The van der Waals surface area contributed by atoms with Gasteiger partial charge in [-0.15, -0.1) is 0 Å². The van der Waals surface area contributed by atoms with E-state index in [2.05, 4.69) is 12.2 Å². The van der Waals surface area contributed by atoms with Crippen LogP contribution in [0.25, 0.3) is 0 Å². The van der Waals surface area contributed by atoms with Crippen LogP contribution in [0.3, 0.4) is 0 Å². The maximum Gasteiger partial charge on any atom is 0.303 e. The van der Waals surface area contributed by atoms with Crippen molar-refractivity contribution in [2.75, 3.05) is 19.8 Å². The number of carbonyl (C=O) groups excluding carboxylic acids is 1. The molecule has 0 spiro atoms. The molecule has 0 bridgehead atoms. The van der Waals surface area contributed by atoms with Gasteiger partial charge in [0, 0.05) is 24.4 Å². The normalized spacial score (nSPS) is 20.3. The van der Waals surface area contributed by atoms with Crippen molar-refractivity contribution < 1.29 is 24.2 Å². The van der Waals surface area contributed by atoms with Crippen LogP contribution in [0.4, 0.5) is 0 Å². The van der Waals surface area contributed by atoms with E-state index in [0.29, 0.717) is 44.1 Å². The molecule has 31 heavy (non-hydrogen) atoms. The predicted octanol–water partition coefficient (Wildman–Crippen LogP) is 4.26. The van der Waals surface area contributed by atoms with Gasteiger partial charge in [-0.1, -0.05) is 18.6 Å². The Labute approximate surface area is 183 Å². The first-order chi connectivity index (χ1) is 15.0. The lowest BCUT2D eigenvalue weighted by Crippen LogP contribution is -2.45.